The van der Waals surface area contributed by atoms with E-state index < -0.39 is 0 Å². The summed E-state index contributed by atoms with van der Waals surface area (Å²) in [5, 5.41) is 8.14. The van der Waals surface area contributed by atoms with Gasteiger partial charge in [0.15, 0.2) is 0 Å². The molecule has 0 unspecified atom stereocenters. The molecule has 1 N–H and O–H groups in total. The highest BCUT2D eigenvalue weighted by molar-refractivity contribution is 6.06. The lowest BCUT2D eigenvalue weighted by Crippen LogP contribution is -2.12. The number of aryl methyl sites for hydroxylation is 1. The first-order valence-corrected chi connectivity index (χ1v) is 7.97. The largest absolute Gasteiger partial charge is 0.351 e. The molecule has 0 aliphatic rings. The van der Waals surface area contributed by atoms with Gasteiger partial charge in [0.1, 0.15) is 12.7 Å². The average molecular weight is 331 g/mol. The maximum Gasteiger partial charge on any atom is 0.255 e. The number of anilines is 1. The van der Waals surface area contributed by atoms with Gasteiger partial charge in [-0.25, -0.2) is 9.67 Å². The molecule has 1 amide bonds. The van der Waals surface area contributed by atoms with Gasteiger partial charge in [-0.3, -0.25) is 4.79 Å². The zero-order chi connectivity index (χ0) is 17.2. The maximum atomic E-state index is 12.5. The number of nitrogens with one attached hydrogen (secondary N) is 1. The van der Waals surface area contributed by atoms with E-state index in [0.29, 0.717) is 12.1 Å². The fraction of sp³-hybridized carbons (Fsp3) is 0.105. The lowest BCUT2D eigenvalue weighted by Gasteiger charge is -2.07. The Hall–Kier alpha value is -3.41. The molecule has 6 nitrogen and oxygen atoms in total. The third kappa shape index (κ3) is 3.14. The van der Waals surface area contributed by atoms with Gasteiger partial charge in [-0.2, -0.15) is 5.10 Å². The van der Waals surface area contributed by atoms with E-state index in [2.05, 4.69) is 15.4 Å². The molecule has 2 aromatic heterocycles. The van der Waals surface area contributed by atoms with Crippen LogP contribution in [0.25, 0.3) is 10.9 Å². The van der Waals surface area contributed by atoms with Crippen LogP contribution in [0.4, 0.5) is 5.69 Å². The van der Waals surface area contributed by atoms with Crippen LogP contribution in [0, 0.1) is 0 Å². The Labute approximate surface area is 144 Å². The molecule has 0 fully saturated rings. The molecular weight excluding hydrogens is 314 g/mol. The summed E-state index contributed by atoms with van der Waals surface area (Å²) in [4.78, 5) is 16.4. The van der Waals surface area contributed by atoms with Crippen molar-refractivity contribution >= 4 is 22.5 Å². The number of carbonyl (C=O) groups excluding carboxylic acids is 1. The highest BCUT2D eigenvalue weighted by Crippen LogP contribution is 2.18. The Morgan fingerprint density at radius 1 is 1.12 bits per heavy atom. The highest BCUT2D eigenvalue weighted by atomic mass is 16.1. The monoisotopic (exact) mass is 331 g/mol. The first-order valence-electron chi connectivity index (χ1n) is 7.97. The van der Waals surface area contributed by atoms with Gasteiger partial charge in [-0.15, -0.1) is 0 Å². The number of rotatable bonds is 4. The van der Waals surface area contributed by atoms with Crippen LogP contribution < -0.4 is 5.32 Å². The minimum atomic E-state index is -0.118. The predicted molar refractivity (Wildman–Crippen MR) is 96.4 cm³/mol. The standard InChI is InChI=1S/C19H17N5O/c1-23-9-8-15-4-5-16(10-18(15)23)19(25)22-17-6-2-14(3-7-17)11-24-13-20-12-21-24/h2-10,12-13H,11H2,1H3,(H,22,25). The maximum absolute atomic E-state index is 12.5. The van der Waals surface area contributed by atoms with Gasteiger partial charge in [0, 0.05) is 30.0 Å². The fourth-order valence-corrected chi connectivity index (χ4v) is 2.80. The molecule has 0 saturated heterocycles. The summed E-state index contributed by atoms with van der Waals surface area (Å²) in [5.74, 6) is -0.118. The normalized spacial score (nSPS) is 10.9. The predicted octanol–water partition coefficient (Wildman–Crippen LogP) is 3.07. The fourth-order valence-electron chi connectivity index (χ4n) is 2.80. The number of carbonyl (C=O) groups is 1. The van der Waals surface area contributed by atoms with Crippen LogP contribution in [0.15, 0.2) is 67.4 Å². The quantitative estimate of drug-likeness (QED) is 0.625. The Bertz CT molecular complexity index is 1020. The van der Waals surface area contributed by atoms with Crippen molar-refractivity contribution in [3.63, 3.8) is 0 Å². The first-order chi connectivity index (χ1) is 12.2. The van der Waals surface area contributed by atoms with E-state index in [-0.39, 0.29) is 5.91 Å². The topological polar surface area (TPSA) is 64.7 Å². The molecule has 0 aliphatic carbocycles. The van der Waals surface area contributed by atoms with E-state index in [1.54, 1.807) is 11.0 Å². The van der Waals surface area contributed by atoms with Gasteiger partial charge in [0.2, 0.25) is 0 Å². The summed E-state index contributed by atoms with van der Waals surface area (Å²) >= 11 is 0. The summed E-state index contributed by atoms with van der Waals surface area (Å²) in [6.07, 6.45) is 5.17. The van der Waals surface area contributed by atoms with Crippen LogP contribution in [0.2, 0.25) is 0 Å². The summed E-state index contributed by atoms with van der Waals surface area (Å²) < 4.78 is 3.76. The van der Waals surface area contributed by atoms with E-state index in [1.807, 2.05) is 66.3 Å². The van der Waals surface area contributed by atoms with E-state index in [1.165, 1.54) is 6.33 Å². The molecule has 0 atom stereocenters. The van der Waals surface area contributed by atoms with Crippen molar-refractivity contribution in [2.24, 2.45) is 7.05 Å². The van der Waals surface area contributed by atoms with Gasteiger partial charge >= 0.3 is 0 Å². The third-order valence-electron chi connectivity index (χ3n) is 4.17. The molecule has 4 aromatic rings. The Morgan fingerprint density at radius 3 is 2.72 bits per heavy atom. The smallest absolute Gasteiger partial charge is 0.255 e. The molecule has 0 bridgehead atoms. The number of hydrogen-bond donors (Lipinski definition) is 1. The summed E-state index contributed by atoms with van der Waals surface area (Å²) in [6, 6.07) is 15.5. The molecule has 2 heterocycles. The minimum Gasteiger partial charge on any atom is -0.351 e. The molecular formula is C19H17N5O. The van der Waals surface area contributed by atoms with E-state index >= 15 is 0 Å². The number of fused-ring (bicyclic) bond motifs is 1. The zero-order valence-corrected chi connectivity index (χ0v) is 13.8. The minimum absolute atomic E-state index is 0.118. The van der Waals surface area contributed by atoms with Gasteiger partial charge in [0.05, 0.1) is 6.54 Å². The second kappa shape index (κ2) is 6.24. The van der Waals surface area contributed by atoms with Crippen molar-refractivity contribution in [2.75, 3.05) is 5.32 Å². The number of benzene rings is 2. The molecule has 25 heavy (non-hydrogen) atoms. The third-order valence-corrected chi connectivity index (χ3v) is 4.17. The molecule has 0 spiro atoms. The SMILES string of the molecule is Cn1ccc2ccc(C(=O)Nc3ccc(Cn4cncn4)cc3)cc21. The molecule has 4 rings (SSSR count). The number of amides is 1. The Balaban J connectivity index is 1.48. The van der Waals surface area contributed by atoms with Crippen LogP contribution >= 0.6 is 0 Å². The highest BCUT2D eigenvalue weighted by Gasteiger charge is 2.08. The molecule has 124 valence electrons. The van der Waals surface area contributed by atoms with Gasteiger partial charge in [-0.1, -0.05) is 18.2 Å². The van der Waals surface area contributed by atoms with Crippen LogP contribution in [-0.4, -0.2) is 25.2 Å². The van der Waals surface area contributed by atoms with Crippen LogP contribution in [-0.2, 0) is 13.6 Å². The first kappa shape index (κ1) is 15.1. The van der Waals surface area contributed by atoms with Crippen LogP contribution in [0.3, 0.4) is 0 Å². The van der Waals surface area contributed by atoms with Gasteiger partial charge in [0.25, 0.3) is 5.91 Å². The second-order valence-electron chi connectivity index (χ2n) is 5.94. The molecule has 2 aromatic carbocycles. The molecule has 6 heteroatoms. The van der Waals surface area contributed by atoms with E-state index in [9.17, 15) is 4.79 Å². The number of aromatic nitrogens is 4. The van der Waals surface area contributed by atoms with Crippen LogP contribution in [0.5, 0.6) is 0 Å². The lowest BCUT2D eigenvalue weighted by molar-refractivity contribution is 0.102. The zero-order valence-electron chi connectivity index (χ0n) is 13.8. The van der Waals surface area contributed by atoms with Crippen molar-refractivity contribution in [3.8, 4) is 0 Å². The second-order valence-corrected chi connectivity index (χ2v) is 5.94. The number of hydrogen-bond acceptors (Lipinski definition) is 3. The molecule has 0 aliphatic heterocycles. The Morgan fingerprint density at radius 2 is 1.96 bits per heavy atom. The van der Waals surface area contributed by atoms with Crippen molar-refractivity contribution in [3.05, 3.63) is 78.5 Å². The number of nitrogens with zero attached hydrogens (tertiary/aromatic N) is 4. The van der Waals surface area contributed by atoms with Gasteiger partial charge < -0.3 is 9.88 Å². The van der Waals surface area contributed by atoms with Crippen molar-refractivity contribution in [1.82, 2.24) is 19.3 Å². The van der Waals surface area contributed by atoms with E-state index in [4.69, 9.17) is 0 Å². The average Bonchev–Trinajstić information content (AvgIpc) is 3.26. The van der Waals surface area contributed by atoms with Crippen molar-refractivity contribution in [2.45, 2.75) is 6.54 Å². The van der Waals surface area contributed by atoms with Gasteiger partial charge in [-0.05, 0) is 41.3 Å². The summed E-state index contributed by atoms with van der Waals surface area (Å²) in [7, 11) is 1.97. The molecule has 0 saturated carbocycles. The summed E-state index contributed by atoms with van der Waals surface area (Å²) in [5.41, 5.74) is 3.53. The molecule has 0 radical (unpaired) electrons. The summed E-state index contributed by atoms with van der Waals surface area (Å²) in [6.45, 7) is 0.651. The lowest BCUT2D eigenvalue weighted by atomic mass is 10.1. The van der Waals surface area contributed by atoms with Crippen molar-refractivity contribution < 1.29 is 4.79 Å². The van der Waals surface area contributed by atoms with E-state index in [0.717, 1.165) is 22.2 Å². The van der Waals surface area contributed by atoms with Crippen LogP contribution in [0.1, 0.15) is 15.9 Å². The Kier molecular flexibility index (Phi) is 3.78. The van der Waals surface area contributed by atoms with Crippen molar-refractivity contribution in [1.29, 1.82) is 0 Å².